The van der Waals surface area contributed by atoms with Crippen LogP contribution >= 0.6 is 35.5 Å². The third-order valence-corrected chi connectivity index (χ3v) is 6.93. The zero-order chi connectivity index (χ0) is 21.0. The zero-order valence-corrected chi connectivity index (χ0v) is 20.7. The van der Waals surface area contributed by atoms with Gasteiger partial charge in [-0.25, -0.2) is 4.98 Å². The van der Waals surface area contributed by atoms with Crippen LogP contribution in [0.25, 0.3) is 10.2 Å². The van der Waals surface area contributed by atoms with Crippen molar-refractivity contribution >= 4 is 56.8 Å². The first-order valence-corrected chi connectivity index (χ1v) is 11.7. The van der Waals surface area contributed by atoms with Crippen LogP contribution in [0.3, 0.4) is 0 Å². The average molecular weight is 464 g/mol. The smallest absolute Gasteiger partial charge is 0.239 e. The third kappa shape index (κ3) is 6.45. The molecule has 3 rings (SSSR count). The summed E-state index contributed by atoms with van der Waals surface area (Å²) in [5.74, 6) is 0.528. The SMILES string of the molecule is Cc1ccc(SCC(=O)N(CCCN(C)C)c2nc3cc(C)c(C)cc3s2)cc1.Cl. The molecule has 0 spiro atoms. The molecule has 0 aliphatic carbocycles. The van der Waals surface area contributed by atoms with E-state index in [-0.39, 0.29) is 18.3 Å². The number of carbonyl (C=O) groups is 1. The average Bonchev–Trinajstić information content (AvgIpc) is 3.07. The Morgan fingerprint density at radius 3 is 2.37 bits per heavy atom. The highest BCUT2D eigenvalue weighted by Crippen LogP contribution is 2.31. The fourth-order valence-electron chi connectivity index (χ4n) is 3.01. The van der Waals surface area contributed by atoms with E-state index in [1.807, 2.05) is 4.90 Å². The van der Waals surface area contributed by atoms with Gasteiger partial charge in [0, 0.05) is 11.4 Å². The summed E-state index contributed by atoms with van der Waals surface area (Å²) in [4.78, 5) is 23.1. The molecule has 0 aliphatic rings. The van der Waals surface area contributed by atoms with Crippen molar-refractivity contribution in [3.8, 4) is 0 Å². The van der Waals surface area contributed by atoms with Crippen LogP contribution in [0.1, 0.15) is 23.1 Å². The lowest BCUT2D eigenvalue weighted by molar-refractivity contribution is -0.116. The quantitative estimate of drug-likeness (QED) is 0.400. The Morgan fingerprint density at radius 1 is 1.03 bits per heavy atom. The first kappa shape index (κ1) is 24.7. The minimum Gasteiger partial charge on any atom is -0.309 e. The summed E-state index contributed by atoms with van der Waals surface area (Å²) < 4.78 is 1.14. The molecule has 0 fully saturated rings. The Hall–Kier alpha value is -1.60. The lowest BCUT2D eigenvalue weighted by Crippen LogP contribution is -2.34. The first-order chi connectivity index (χ1) is 13.8. The molecule has 0 saturated heterocycles. The second kappa shape index (κ2) is 11.1. The van der Waals surface area contributed by atoms with Gasteiger partial charge in [0.25, 0.3) is 0 Å². The second-order valence-electron chi connectivity index (χ2n) is 7.70. The van der Waals surface area contributed by atoms with Crippen molar-refractivity contribution in [1.82, 2.24) is 9.88 Å². The summed E-state index contributed by atoms with van der Waals surface area (Å²) in [6, 6.07) is 12.6. The number of anilines is 1. The van der Waals surface area contributed by atoms with Crippen LogP contribution in [-0.2, 0) is 4.79 Å². The number of halogens is 1. The Labute approximate surface area is 194 Å². The highest BCUT2D eigenvalue weighted by Gasteiger charge is 2.20. The van der Waals surface area contributed by atoms with E-state index in [0.717, 1.165) is 33.2 Å². The van der Waals surface area contributed by atoms with E-state index in [9.17, 15) is 4.79 Å². The highest BCUT2D eigenvalue weighted by atomic mass is 35.5. The number of carbonyl (C=O) groups excluding carboxylic acids is 1. The van der Waals surface area contributed by atoms with Gasteiger partial charge in [-0.05, 0) is 83.2 Å². The first-order valence-electron chi connectivity index (χ1n) is 9.86. The van der Waals surface area contributed by atoms with Crippen molar-refractivity contribution in [3.63, 3.8) is 0 Å². The normalized spacial score (nSPS) is 11.0. The van der Waals surface area contributed by atoms with Crippen molar-refractivity contribution in [2.45, 2.75) is 32.1 Å². The summed E-state index contributed by atoms with van der Waals surface area (Å²) >= 11 is 3.20. The minimum atomic E-state index is 0. The van der Waals surface area contributed by atoms with Gasteiger partial charge in [0.15, 0.2) is 5.13 Å². The maximum atomic E-state index is 13.1. The largest absolute Gasteiger partial charge is 0.309 e. The zero-order valence-electron chi connectivity index (χ0n) is 18.3. The van der Waals surface area contributed by atoms with Crippen LogP contribution in [0.5, 0.6) is 0 Å². The Kier molecular flexibility index (Phi) is 9.16. The number of rotatable bonds is 8. The van der Waals surface area contributed by atoms with Crippen LogP contribution in [-0.4, -0.2) is 48.7 Å². The molecule has 0 radical (unpaired) electrons. The molecular formula is C23H30ClN3OS2. The number of nitrogens with zero attached hydrogens (tertiary/aromatic N) is 3. The van der Waals surface area contributed by atoms with E-state index in [2.05, 4.69) is 76.2 Å². The van der Waals surface area contributed by atoms with Gasteiger partial charge in [-0.2, -0.15) is 0 Å². The molecule has 0 saturated carbocycles. The number of benzene rings is 2. The molecular weight excluding hydrogens is 434 g/mol. The summed E-state index contributed by atoms with van der Waals surface area (Å²) in [7, 11) is 4.12. The number of thiazole rings is 1. The number of amides is 1. The van der Waals surface area contributed by atoms with Crippen molar-refractivity contribution in [2.75, 3.05) is 37.8 Å². The molecule has 2 aromatic carbocycles. The fourth-order valence-corrected chi connectivity index (χ4v) is 4.88. The van der Waals surface area contributed by atoms with Gasteiger partial charge in [0.05, 0.1) is 16.0 Å². The predicted octanol–water partition coefficient (Wildman–Crippen LogP) is 5.72. The van der Waals surface area contributed by atoms with E-state index in [1.54, 1.807) is 23.1 Å². The molecule has 4 nitrogen and oxygen atoms in total. The summed E-state index contributed by atoms with van der Waals surface area (Å²) in [6.45, 7) is 7.92. The number of aromatic nitrogens is 1. The minimum absolute atomic E-state index is 0. The van der Waals surface area contributed by atoms with Crippen LogP contribution in [0.15, 0.2) is 41.3 Å². The van der Waals surface area contributed by atoms with E-state index in [0.29, 0.717) is 12.3 Å². The monoisotopic (exact) mass is 463 g/mol. The number of hydrogen-bond acceptors (Lipinski definition) is 5. The molecule has 7 heteroatoms. The van der Waals surface area contributed by atoms with E-state index in [4.69, 9.17) is 4.98 Å². The Bertz CT molecular complexity index is 947. The lowest BCUT2D eigenvalue weighted by atomic mass is 10.1. The number of thioether (sulfide) groups is 1. The Balaban J connectivity index is 0.00000320. The van der Waals surface area contributed by atoms with Crippen LogP contribution in [0.4, 0.5) is 5.13 Å². The van der Waals surface area contributed by atoms with Crippen molar-refractivity contribution in [3.05, 3.63) is 53.1 Å². The third-order valence-electron chi connectivity index (χ3n) is 4.89. The molecule has 1 amide bonds. The van der Waals surface area contributed by atoms with E-state index in [1.165, 1.54) is 16.7 Å². The van der Waals surface area contributed by atoms with Crippen LogP contribution in [0.2, 0.25) is 0 Å². The topological polar surface area (TPSA) is 36.4 Å². The van der Waals surface area contributed by atoms with Gasteiger partial charge in [-0.1, -0.05) is 29.0 Å². The predicted molar refractivity (Wildman–Crippen MR) is 134 cm³/mol. The van der Waals surface area contributed by atoms with Crippen LogP contribution in [0, 0.1) is 20.8 Å². The van der Waals surface area contributed by atoms with Gasteiger partial charge in [-0.15, -0.1) is 24.2 Å². The molecule has 162 valence electrons. The summed E-state index contributed by atoms with van der Waals surface area (Å²) in [5, 5.41) is 0.804. The molecule has 0 aliphatic heterocycles. The maximum absolute atomic E-state index is 13.1. The highest BCUT2D eigenvalue weighted by molar-refractivity contribution is 8.00. The van der Waals surface area contributed by atoms with Gasteiger partial charge >= 0.3 is 0 Å². The van der Waals surface area contributed by atoms with Crippen LogP contribution < -0.4 is 4.90 Å². The number of hydrogen-bond donors (Lipinski definition) is 0. The molecule has 0 unspecified atom stereocenters. The fraction of sp³-hybridized carbons (Fsp3) is 0.391. The maximum Gasteiger partial charge on any atom is 0.239 e. The molecule has 1 heterocycles. The van der Waals surface area contributed by atoms with Gasteiger partial charge < -0.3 is 4.90 Å². The van der Waals surface area contributed by atoms with Crippen molar-refractivity contribution in [1.29, 1.82) is 0 Å². The van der Waals surface area contributed by atoms with E-state index >= 15 is 0 Å². The Morgan fingerprint density at radius 2 is 1.70 bits per heavy atom. The number of fused-ring (bicyclic) bond motifs is 1. The summed E-state index contributed by atoms with van der Waals surface area (Å²) in [5.41, 5.74) is 4.69. The van der Waals surface area contributed by atoms with Crippen molar-refractivity contribution in [2.24, 2.45) is 0 Å². The van der Waals surface area contributed by atoms with Gasteiger partial charge in [-0.3, -0.25) is 9.69 Å². The lowest BCUT2D eigenvalue weighted by Gasteiger charge is -2.21. The molecule has 3 aromatic rings. The standard InChI is InChI=1S/C23H29N3OS2.ClH/c1-16-7-9-19(10-8-16)28-15-22(27)26(12-6-11-25(4)5)23-24-20-13-17(2)18(3)14-21(20)29-23;/h7-10,13-14H,6,11-12,15H2,1-5H3;1H. The van der Waals surface area contributed by atoms with E-state index < -0.39 is 0 Å². The van der Waals surface area contributed by atoms with Crippen molar-refractivity contribution < 1.29 is 4.79 Å². The molecule has 0 atom stereocenters. The molecule has 30 heavy (non-hydrogen) atoms. The van der Waals surface area contributed by atoms with Gasteiger partial charge in [0.2, 0.25) is 5.91 Å². The number of aryl methyl sites for hydroxylation is 3. The van der Waals surface area contributed by atoms with Gasteiger partial charge in [0.1, 0.15) is 0 Å². The second-order valence-corrected chi connectivity index (χ2v) is 9.76. The molecule has 0 bridgehead atoms. The summed E-state index contributed by atoms with van der Waals surface area (Å²) in [6.07, 6.45) is 0.919. The molecule has 0 N–H and O–H groups in total. The molecule has 1 aromatic heterocycles.